The molecule has 23 heavy (non-hydrogen) atoms. The van der Waals surface area contributed by atoms with Gasteiger partial charge in [-0.05, 0) is 0 Å². The maximum atomic E-state index is 4.93. The second-order valence-corrected chi connectivity index (χ2v) is 9.51. The van der Waals surface area contributed by atoms with Crippen LogP contribution in [0.4, 0.5) is 0 Å². The molecule has 0 saturated carbocycles. The molecule has 5 heteroatoms. The Hall–Kier alpha value is 0.203. The van der Waals surface area contributed by atoms with Crippen molar-refractivity contribution in [2.24, 2.45) is 0 Å². The zero-order valence-corrected chi connectivity index (χ0v) is 19.1. The third kappa shape index (κ3) is 6.91. The summed E-state index contributed by atoms with van der Waals surface area (Å²) in [5, 5.41) is 5.34. The smallest absolute Gasteiger partial charge is 0.0809 e. The predicted molar refractivity (Wildman–Crippen MR) is 112 cm³/mol. The Morgan fingerprint density at radius 2 is 1.39 bits per heavy atom. The first kappa shape index (κ1) is 21.2. The average molecular weight is 551 g/mol. The average Bonchev–Trinajstić information content (AvgIpc) is 3.13. The van der Waals surface area contributed by atoms with Crippen molar-refractivity contribution in [3.63, 3.8) is 0 Å². The van der Waals surface area contributed by atoms with Crippen molar-refractivity contribution in [2.45, 2.75) is 0 Å². The SMILES string of the molecule is Ic1cc2ccccc2[cH-]1.[Cl][Zr][Cl].[SH-].c1ccc2[cH-]ccc2c1. The topological polar surface area (TPSA) is 0 Å². The molecule has 4 aromatic carbocycles. The van der Waals surface area contributed by atoms with Gasteiger partial charge in [0, 0.05) is 0 Å². The van der Waals surface area contributed by atoms with Crippen molar-refractivity contribution >= 4 is 74.7 Å². The van der Waals surface area contributed by atoms with Gasteiger partial charge in [0.25, 0.3) is 0 Å². The molecule has 4 rings (SSSR count). The number of thiol groups is 1. The Morgan fingerprint density at radius 3 is 2.00 bits per heavy atom. The third-order valence-electron chi connectivity index (χ3n) is 3.13. The number of benzene rings is 2. The van der Waals surface area contributed by atoms with E-state index in [-0.39, 0.29) is 13.5 Å². The van der Waals surface area contributed by atoms with Gasteiger partial charge in [-0.25, -0.2) is 0 Å². The molecule has 0 fully saturated rings. The summed E-state index contributed by atoms with van der Waals surface area (Å²) < 4.78 is 1.32. The summed E-state index contributed by atoms with van der Waals surface area (Å²) in [5.74, 6) is 0. The maximum absolute atomic E-state index is 4.93. The number of fused-ring (bicyclic) bond motifs is 2. The minimum atomic E-state index is -0.826. The monoisotopic (exact) mass is 549 g/mol. The van der Waals surface area contributed by atoms with Gasteiger partial charge in [-0.2, -0.15) is 23.6 Å². The Morgan fingerprint density at radius 1 is 0.826 bits per heavy atom. The van der Waals surface area contributed by atoms with E-state index in [1.54, 1.807) is 0 Å². The molecule has 0 aliphatic heterocycles. The first-order chi connectivity index (χ1) is 10.7. The van der Waals surface area contributed by atoms with Crippen LogP contribution in [-0.2, 0) is 34.3 Å². The first-order valence-corrected chi connectivity index (χ1v) is 14.0. The van der Waals surface area contributed by atoms with Gasteiger partial charge < -0.3 is 13.5 Å². The molecule has 0 N–H and O–H groups in total. The van der Waals surface area contributed by atoms with Gasteiger partial charge in [-0.15, -0.1) is 64.7 Å². The van der Waals surface area contributed by atoms with Crippen molar-refractivity contribution in [3.8, 4) is 0 Å². The van der Waals surface area contributed by atoms with Crippen LogP contribution in [0.15, 0.2) is 78.9 Å². The number of hydrogen-bond donors (Lipinski definition) is 0. The fraction of sp³-hybridized carbons (Fsp3) is 0. The quantitative estimate of drug-likeness (QED) is 0.100. The summed E-state index contributed by atoms with van der Waals surface area (Å²) in [6.07, 6.45) is 0. The minimum Gasteiger partial charge on any atom is -0.813 e. The van der Waals surface area contributed by atoms with E-state index in [0.717, 1.165) is 0 Å². The van der Waals surface area contributed by atoms with Gasteiger partial charge in [0.15, 0.2) is 0 Å². The van der Waals surface area contributed by atoms with Gasteiger partial charge in [-0.1, -0.05) is 38.3 Å². The van der Waals surface area contributed by atoms with E-state index >= 15 is 0 Å². The maximum Gasteiger partial charge on any atom is -0.0809 e. The molecule has 0 nitrogen and oxygen atoms in total. The fourth-order valence-electron chi connectivity index (χ4n) is 2.18. The van der Waals surface area contributed by atoms with Crippen LogP contribution in [0.25, 0.3) is 21.5 Å². The molecule has 0 saturated heterocycles. The second-order valence-electron chi connectivity index (χ2n) is 4.53. The third-order valence-corrected chi connectivity index (χ3v) is 3.75. The second kappa shape index (κ2) is 11.7. The van der Waals surface area contributed by atoms with Gasteiger partial charge >= 0.3 is 37.9 Å². The van der Waals surface area contributed by atoms with Crippen molar-refractivity contribution in [3.05, 3.63) is 82.4 Å². The first-order valence-electron chi connectivity index (χ1n) is 6.62. The van der Waals surface area contributed by atoms with Gasteiger partial charge in [0.2, 0.25) is 0 Å². The molecule has 4 aromatic rings. The molecule has 0 spiro atoms. The molecule has 0 aliphatic rings. The Kier molecular flexibility index (Phi) is 10.8. The molecule has 0 radical (unpaired) electrons. The molecule has 120 valence electrons. The van der Waals surface area contributed by atoms with Crippen LogP contribution in [0.2, 0.25) is 0 Å². The molecule has 0 aliphatic carbocycles. The van der Waals surface area contributed by atoms with Crippen LogP contribution >= 0.6 is 39.6 Å². The molecule has 0 bridgehead atoms. The molecule has 0 amide bonds. The van der Waals surface area contributed by atoms with Crippen molar-refractivity contribution in [1.82, 2.24) is 0 Å². The van der Waals surface area contributed by atoms with E-state index in [1.807, 2.05) is 0 Å². The van der Waals surface area contributed by atoms with Crippen LogP contribution in [0.3, 0.4) is 0 Å². The Balaban J connectivity index is 0.000000191. The van der Waals surface area contributed by atoms with Crippen LogP contribution in [-0.4, -0.2) is 0 Å². The van der Waals surface area contributed by atoms with Crippen LogP contribution in [0.5, 0.6) is 0 Å². The molecule has 0 atom stereocenters. The van der Waals surface area contributed by atoms with Crippen molar-refractivity contribution < 1.29 is 20.8 Å². The largest absolute Gasteiger partial charge is 0.813 e. The zero-order chi connectivity index (χ0) is 15.8. The predicted octanol–water partition coefficient (Wildman–Crippen LogP) is 6.83. The van der Waals surface area contributed by atoms with Gasteiger partial charge in [0.1, 0.15) is 0 Å². The van der Waals surface area contributed by atoms with E-state index in [2.05, 4.69) is 101 Å². The van der Waals surface area contributed by atoms with E-state index < -0.39 is 20.8 Å². The van der Waals surface area contributed by atoms with E-state index in [4.69, 9.17) is 17.0 Å². The minimum absolute atomic E-state index is 0. The summed E-state index contributed by atoms with van der Waals surface area (Å²) in [4.78, 5) is 0. The molecule has 0 unspecified atom stereocenters. The van der Waals surface area contributed by atoms with Crippen molar-refractivity contribution in [2.75, 3.05) is 0 Å². The molecule has 0 aromatic heterocycles. The molecular weight excluding hydrogens is 537 g/mol. The van der Waals surface area contributed by atoms with Crippen LogP contribution in [0.1, 0.15) is 0 Å². The Bertz CT molecular complexity index is 763. The summed E-state index contributed by atoms with van der Waals surface area (Å²) in [7, 11) is 9.87. The number of halogens is 3. The van der Waals surface area contributed by atoms with E-state index in [9.17, 15) is 0 Å². The number of rotatable bonds is 0. The summed E-state index contributed by atoms with van der Waals surface area (Å²) in [6, 6.07) is 27.5. The van der Waals surface area contributed by atoms with E-state index in [0.29, 0.717) is 0 Å². The molecular formula is C18H14Cl2ISZr-3. The van der Waals surface area contributed by atoms with E-state index in [1.165, 1.54) is 25.1 Å². The zero-order valence-electron chi connectivity index (χ0n) is 12.1. The van der Waals surface area contributed by atoms with Crippen LogP contribution in [0, 0.1) is 3.57 Å². The number of hydrogen-bond acceptors (Lipinski definition) is 1. The molecule has 0 heterocycles. The summed E-state index contributed by atoms with van der Waals surface area (Å²) in [5.41, 5.74) is 0. The van der Waals surface area contributed by atoms with Crippen LogP contribution < -0.4 is 0 Å². The Labute approximate surface area is 176 Å². The standard InChI is InChI=1S/C9H6I.C9H7.2ClH.H2S.Zr/c10-9-5-7-3-1-2-4-8(7)6-9;1-2-5-9-7-3-6-8(9)4-1;;;;/h1-6H;1-7H;2*1H;1H2;/q2*-1;;;;+2/p-3. The van der Waals surface area contributed by atoms with Crippen molar-refractivity contribution in [1.29, 1.82) is 0 Å². The summed E-state index contributed by atoms with van der Waals surface area (Å²) >= 11 is 1.51. The fourth-order valence-corrected chi connectivity index (χ4v) is 2.85. The van der Waals surface area contributed by atoms with Gasteiger partial charge in [0.05, 0.1) is 0 Å². The summed E-state index contributed by atoms with van der Waals surface area (Å²) in [6.45, 7) is 0. The normalized spacial score (nSPS) is 9.17. The van der Waals surface area contributed by atoms with Gasteiger partial charge in [-0.3, -0.25) is 0 Å².